The summed E-state index contributed by atoms with van der Waals surface area (Å²) in [7, 11) is 0. The Morgan fingerprint density at radius 3 is 2.72 bits per heavy atom. The van der Waals surface area contributed by atoms with E-state index in [1.807, 2.05) is 6.92 Å². The standard InChI is InChI=1S/C13H13Cl2FN2/c1-6-3-11(6)18-12-4-8(15)9(16)5-10(12)17-13(18)7(2)14/h4-7,11H,3H2,1-2H3. The van der Waals surface area contributed by atoms with Crippen LogP contribution >= 0.6 is 23.2 Å². The molecule has 2 aromatic rings. The summed E-state index contributed by atoms with van der Waals surface area (Å²) in [5.74, 6) is 0.967. The second-order valence-corrected chi connectivity index (χ2v) is 6.05. The fraction of sp³-hybridized carbons (Fsp3) is 0.462. The van der Waals surface area contributed by atoms with Crippen molar-refractivity contribution >= 4 is 34.2 Å². The molecule has 5 heteroatoms. The molecular formula is C13H13Cl2FN2. The third-order valence-corrected chi connectivity index (χ3v) is 4.00. The maximum absolute atomic E-state index is 13.5. The van der Waals surface area contributed by atoms with E-state index in [2.05, 4.69) is 16.5 Å². The van der Waals surface area contributed by atoms with Gasteiger partial charge in [0.15, 0.2) is 0 Å². The van der Waals surface area contributed by atoms with E-state index >= 15 is 0 Å². The molecular weight excluding hydrogens is 274 g/mol. The van der Waals surface area contributed by atoms with Gasteiger partial charge < -0.3 is 4.57 Å². The topological polar surface area (TPSA) is 17.8 Å². The van der Waals surface area contributed by atoms with Crippen molar-refractivity contribution in [1.82, 2.24) is 9.55 Å². The molecule has 1 aromatic heterocycles. The number of rotatable bonds is 2. The monoisotopic (exact) mass is 286 g/mol. The minimum absolute atomic E-state index is 0.130. The molecule has 1 saturated carbocycles. The molecule has 1 fully saturated rings. The van der Waals surface area contributed by atoms with Crippen molar-refractivity contribution < 1.29 is 4.39 Å². The van der Waals surface area contributed by atoms with E-state index in [0.29, 0.717) is 17.5 Å². The summed E-state index contributed by atoms with van der Waals surface area (Å²) in [6, 6.07) is 3.43. The lowest BCUT2D eigenvalue weighted by molar-refractivity contribution is 0.629. The smallest absolute Gasteiger partial charge is 0.144 e. The Morgan fingerprint density at radius 1 is 1.50 bits per heavy atom. The molecule has 3 rings (SSSR count). The fourth-order valence-electron chi connectivity index (χ4n) is 2.40. The van der Waals surface area contributed by atoms with Gasteiger partial charge in [0, 0.05) is 12.1 Å². The van der Waals surface area contributed by atoms with Crippen LogP contribution < -0.4 is 0 Å². The fourth-order valence-corrected chi connectivity index (χ4v) is 2.71. The molecule has 1 heterocycles. The third-order valence-electron chi connectivity index (χ3n) is 3.51. The summed E-state index contributed by atoms with van der Waals surface area (Å²) in [5.41, 5.74) is 1.50. The van der Waals surface area contributed by atoms with Gasteiger partial charge in [-0.3, -0.25) is 0 Å². The van der Waals surface area contributed by atoms with Crippen LogP contribution in [0, 0.1) is 11.7 Å². The van der Waals surface area contributed by atoms with Crippen molar-refractivity contribution in [2.75, 3.05) is 0 Å². The highest BCUT2D eigenvalue weighted by Crippen LogP contribution is 2.46. The van der Waals surface area contributed by atoms with Crippen LogP contribution in [-0.4, -0.2) is 9.55 Å². The normalized spacial score (nSPS) is 24.5. The molecule has 1 aliphatic rings. The van der Waals surface area contributed by atoms with Gasteiger partial charge in [0.2, 0.25) is 0 Å². The number of fused-ring (bicyclic) bond motifs is 1. The number of hydrogen-bond donors (Lipinski definition) is 0. The average molecular weight is 287 g/mol. The second-order valence-electron chi connectivity index (χ2n) is 4.99. The SMILES string of the molecule is CC(Cl)c1nc2cc(F)c(Cl)cc2n1C1CC1C. The lowest BCUT2D eigenvalue weighted by Gasteiger charge is -2.09. The summed E-state index contributed by atoms with van der Waals surface area (Å²) < 4.78 is 15.6. The maximum Gasteiger partial charge on any atom is 0.144 e. The zero-order valence-electron chi connectivity index (χ0n) is 10.1. The van der Waals surface area contributed by atoms with Crippen LogP contribution in [0.5, 0.6) is 0 Å². The van der Waals surface area contributed by atoms with Crippen molar-refractivity contribution in [3.8, 4) is 0 Å². The molecule has 0 radical (unpaired) electrons. The summed E-state index contributed by atoms with van der Waals surface area (Å²) in [6.45, 7) is 4.06. The Labute approximate surface area is 115 Å². The van der Waals surface area contributed by atoms with E-state index in [1.54, 1.807) is 6.07 Å². The molecule has 18 heavy (non-hydrogen) atoms. The molecule has 3 atom stereocenters. The minimum Gasteiger partial charge on any atom is -0.323 e. The number of hydrogen-bond acceptors (Lipinski definition) is 1. The maximum atomic E-state index is 13.5. The molecule has 0 N–H and O–H groups in total. The van der Waals surface area contributed by atoms with Gasteiger partial charge in [-0.05, 0) is 25.3 Å². The van der Waals surface area contributed by atoms with Crippen molar-refractivity contribution in [2.45, 2.75) is 31.7 Å². The van der Waals surface area contributed by atoms with Crippen LogP contribution in [0.15, 0.2) is 12.1 Å². The summed E-state index contributed by atoms with van der Waals surface area (Å²) in [5, 5.41) is -0.0715. The Hall–Kier alpha value is -0.800. The van der Waals surface area contributed by atoms with Crippen LogP contribution in [0.4, 0.5) is 4.39 Å². The molecule has 0 amide bonds. The van der Waals surface area contributed by atoms with Crippen molar-refractivity contribution in [1.29, 1.82) is 0 Å². The summed E-state index contributed by atoms with van der Waals surface area (Å²) in [4.78, 5) is 4.44. The zero-order chi connectivity index (χ0) is 13.0. The molecule has 1 aromatic carbocycles. The van der Waals surface area contributed by atoms with Gasteiger partial charge in [0.1, 0.15) is 11.6 Å². The van der Waals surface area contributed by atoms with Crippen LogP contribution in [0.1, 0.15) is 37.5 Å². The predicted octanol–water partition coefficient (Wildman–Crippen LogP) is 4.71. The summed E-state index contributed by atoms with van der Waals surface area (Å²) in [6.07, 6.45) is 1.11. The third kappa shape index (κ3) is 1.81. The number of alkyl halides is 1. The molecule has 0 bridgehead atoms. The average Bonchev–Trinajstić information content (AvgIpc) is 2.88. The molecule has 0 aliphatic heterocycles. The lowest BCUT2D eigenvalue weighted by Crippen LogP contribution is -2.03. The van der Waals surface area contributed by atoms with Crippen LogP contribution in [0.2, 0.25) is 5.02 Å². The lowest BCUT2D eigenvalue weighted by atomic mass is 10.3. The van der Waals surface area contributed by atoms with Gasteiger partial charge in [-0.15, -0.1) is 11.6 Å². The first-order valence-electron chi connectivity index (χ1n) is 6.00. The van der Waals surface area contributed by atoms with E-state index in [1.165, 1.54) is 6.07 Å². The van der Waals surface area contributed by atoms with Gasteiger partial charge in [0.25, 0.3) is 0 Å². The Balaban J connectivity index is 2.27. The molecule has 3 unspecified atom stereocenters. The van der Waals surface area contributed by atoms with Crippen molar-refractivity contribution in [2.24, 2.45) is 5.92 Å². The van der Waals surface area contributed by atoms with Gasteiger partial charge in [-0.2, -0.15) is 0 Å². The van der Waals surface area contributed by atoms with E-state index in [4.69, 9.17) is 23.2 Å². The van der Waals surface area contributed by atoms with Crippen LogP contribution in [0.3, 0.4) is 0 Å². The minimum atomic E-state index is -0.438. The van der Waals surface area contributed by atoms with Gasteiger partial charge >= 0.3 is 0 Å². The highest BCUT2D eigenvalue weighted by molar-refractivity contribution is 6.31. The largest absolute Gasteiger partial charge is 0.323 e. The second kappa shape index (κ2) is 4.10. The number of aromatic nitrogens is 2. The Bertz CT molecular complexity index is 621. The summed E-state index contributed by atoms with van der Waals surface area (Å²) >= 11 is 12.0. The number of halogens is 3. The number of imidazole rings is 1. The number of nitrogens with zero attached hydrogens (tertiary/aromatic N) is 2. The van der Waals surface area contributed by atoms with Crippen LogP contribution in [0.25, 0.3) is 11.0 Å². The molecule has 1 aliphatic carbocycles. The highest BCUT2D eigenvalue weighted by atomic mass is 35.5. The first-order valence-corrected chi connectivity index (χ1v) is 6.81. The van der Waals surface area contributed by atoms with E-state index in [0.717, 1.165) is 17.8 Å². The molecule has 0 spiro atoms. The molecule has 0 saturated heterocycles. The highest BCUT2D eigenvalue weighted by Gasteiger charge is 2.37. The van der Waals surface area contributed by atoms with Crippen LogP contribution in [-0.2, 0) is 0 Å². The quantitative estimate of drug-likeness (QED) is 0.731. The zero-order valence-corrected chi connectivity index (χ0v) is 11.6. The Morgan fingerprint density at radius 2 is 2.17 bits per heavy atom. The van der Waals surface area contributed by atoms with Gasteiger partial charge in [0.05, 0.1) is 21.4 Å². The van der Waals surface area contributed by atoms with Gasteiger partial charge in [-0.1, -0.05) is 18.5 Å². The van der Waals surface area contributed by atoms with Gasteiger partial charge in [-0.25, -0.2) is 9.37 Å². The molecule has 96 valence electrons. The first-order chi connectivity index (χ1) is 8.49. The van der Waals surface area contributed by atoms with E-state index in [-0.39, 0.29) is 10.4 Å². The number of benzene rings is 1. The van der Waals surface area contributed by atoms with Crippen molar-refractivity contribution in [3.63, 3.8) is 0 Å². The predicted molar refractivity (Wildman–Crippen MR) is 71.8 cm³/mol. The van der Waals surface area contributed by atoms with E-state index < -0.39 is 5.82 Å². The van der Waals surface area contributed by atoms with E-state index in [9.17, 15) is 4.39 Å². The Kier molecular flexibility index (Phi) is 2.79. The van der Waals surface area contributed by atoms with Crippen molar-refractivity contribution in [3.05, 3.63) is 28.8 Å². The molecule has 2 nitrogen and oxygen atoms in total. The first kappa shape index (κ1) is 12.2.